The van der Waals surface area contributed by atoms with Gasteiger partial charge in [0.2, 0.25) is 0 Å². The monoisotopic (exact) mass is 881 g/mol. The molecule has 9 heteroatoms. The van der Waals surface area contributed by atoms with Crippen LogP contribution in [0.5, 0.6) is 0 Å². The fourth-order valence-corrected chi connectivity index (χ4v) is 8.40. The van der Waals surface area contributed by atoms with Crippen LogP contribution in [-0.4, -0.2) is 38.1 Å². The Labute approximate surface area is 397 Å². The van der Waals surface area contributed by atoms with Crippen molar-refractivity contribution >= 4 is 22.1 Å². The third-order valence-electron chi connectivity index (χ3n) is 11.5. The summed E-state index contributed by atoms with van der Waals surface area (Å²) in [5.41, 5.74) is -0.774. The summed E-state index contributed by atoms with van der Waals surface area (Å²) >= 11 is 0. The standard InChI is InChI=1S/C52H90O7S.Na/c1-3-5-7-9-11-13-15-17-19-21-23-25-27-29-31-33-35-37-39-41-46-58-51(53)48-44-43-45-49(60(55,56)57)50(48)52(54)59-47-42-40-38-36-34-32-30-28-26-24-22-20-18-16-14-12-10-8-6-4-2;/h15-18,43-45H,3-14,19-42,46-47H2,1-2H3,(H,55,56,57);/q;+1/p-1/b17-15+,18-16+;. The quantitative estimate of drug-likeness (QED) is 0.0211. The summed E-state index contributed by atoms with van der Waals surface area (Å²) in [5, 5.41) is 0. The van der Waals surface area contributed by atoms with Gasteiger partial charge in [-0.15, -0.1) is 0 Å². The van der Waals surface area contributed by atoms with Crippen molar-refractivity contribution in [2.75, 3.05) is 13.2 Å². The van der Waals surface area contributed by atoms with Gasteiger partial charge >= 0.3 is 41.5 Å². The first-order valence-corrected chi connectivity index (χ1v) is 26.5. The molecule has 1 rings (SSSR count). The van der Waals surface area contributed by atoms with E-state index >= 15 is 0 Å². The summed E-state index contributed by atoms with van der Waals surface area (Å²) < 4.78 is 46.9. The smallest absolute Gasteiger partial charge is 0.744 e. The number of rotatable bonds is 43. The molecule has 0 saturated carbocycles. The van der Waals surface area contributed by atoms with Crippen LogP contribution in [0.15, 0.2) is 47.4 Å². The molecule has 61 heavy (non-hydrogen) atoms. The molecule has 0 aromatic heterocycles. The second-order valence-electron chi connectivity index (χ2n) is 17.1. The molecule has 0 unspecified atom stereocenters. The van der Waals surface area contributed by atoms with Crippen LogP contribution in [0.2, 0.25) is 0 Å². The van der Waals surface area contributed by atoms with E-state index in [1.165, 1.54) is 192 Å². The van der Waals surface area contributed by atoms with Gasteiger partial charge in [-0.1, -0.05) is 211 Å². The number of carbonyl (C=O) groups excluding carboxylic acids is 2. The molecule has 0 saturated heterocycles. The largest absolute Gasteiger partial charge is 1.00 e. The van der Waals surface area contributed by atoms with Gasteiger partial charge in [0.05, 0.1) is 29.2 Å². The second-order valence-corrected chi connectivity index (χ2v) is 18.5. The van der Waals surface area contributed by atoms with E-state index in [2.05, 4.69) is 38.2 Å². The molecule has 0 fully saturated rings. The maximum atomic E-state index is 13.1. The number of allylic oxidation sites excluding steroid dienone is 4. The Kier molecular flexibility index (Phi) is 42.7. The van der Waals surface area contributed by atoms with E-state index in [0.717, 1.165) is 44.6 Å². The van der Waals surface area contributed by atoms with Crippen LogP contribution < -0.4 is 29.6 Å². The van der Waals surface area contributed by atoms with E-state index in [-0.39, 0.29) is 48.3 Å². The second kappa shape index (κ2) is 43.8. The van der Waals surface area contributed by atoms with Crippen LogP contribution >= 0.6 is 0 Å². The number of carbonyl (C=O) groups is 2. The molecule has 0 radical (unpaired) electrons. The van der Waals surface area contributed by atoms with Gasteiger partial charge in [0, 0.05) is 0 Å². The fraction of sp³-hybridized carbons (Fsp3) is 0.769. The molecular formula is C52H89NaO7S. The third kappa shape index (κ3) is 35.6. The SMILES string of the molecule is CCCCCCC/C=C/CCCCCCCCCCCCCOC(=O)c1cccc(S(=O)(=O)[O-])c1C(=O)OCCCCCCCCCCCCC/C=C/CCCCCCC.[Na+]. The number of esters is 2. The molecule has 1 aromatic rings. The average molecular weight is 881 g/mol. The molecule has 0 atom stereocenters. The summed E-state index contributed by atoms with van der Waals surface area (Å²) in [7, 11) is -5.02. The summed E-state index contributed by atoms with van der Waals surface area (Å²) in [6.07, 6.45) is 53.2. The third-order valence-corrected chi connectivity index (χ3v) is 12.4. The zero-order chi connectivity index (χ0) is 43.6. The molecule has 1 aromatic carbocycles. The summed E-state index contributed by atoms with van der Waals surface area (Å²) in [4.78, 5) is 25.3. The average Bonchev–Trinajstić information content (AvgIpc) is 3.24. The minimum absolute atomic E-state index is 0. The van der Waals surface area contributed by atoms with Crippen molar-refractivity contribution in [3.05, 3.63) is 53.6 Å². The molecule has 0 spiro atoms. The molecule has 0 aliphatic rings. The number of unbranched alkanes of at least 4 members (excludes halogenated alkanes) is 32. The van der Waals surface area contributed by atoms with Crippen LogP contribution in [0.1, 0.15) is 266 Å². The molecule has 346 valence electrons. The predicted molar refractivity (Wildman–Crippen MR) is 251 cm³/mol. The fourth-order valence-electron chi connectivity index (χ4n) is 7.71. The van der Waals surface area contributed by atoms with Crippen molar-refractivity contribution in [1.29, 1.82) is 0 Å². The number of hydrogen-bond donors (Lipinski definition) is 0. The Morgan fingerprint density at radius 2 is 0.754 bits per heavy atom. The van der Waals surface area contributed by atoms with Crippen molar-refractivity contribution < 1.29 is 61.6 Å². The van der Waals surface area contributed by atoms with Crippen LogP contribution in [0.3, 0.4) is 0 Å². The minimum Gasteiger partial charge on any atom is -0.744 e. The van der Waals surface area contributed by atoms with Crippen molar-refractivity contribution in [2.45, 2.75) is 250 Å². The van der Waals surface area contributed by atoms with E-state index in [9.17, 15) is 22.6 Å². The van der Waals surface area contributed by atoms with Crippen LogP contribution in [0.4, 0.5) is 0 Å². The molecule has 0 aliphatic carbocycles. The number of benzene rings is 1. The maximum absolute atomic E-state index is 13.1. The predicted octanol–water partition coefficient (Wildman–Crippen LogP) is 13.1. The van der Waals surface area contributed by atoms with Gasteiger partial charge in [-0.2, -0.15) is 0 Å². The van der Waals surface area contributed by atoms with Crippen LogP contribution in [0, 0.1) is 0 Å². The van der Waals surface area contributed by atoms with E-state index < -0.39 is 32.5 Å². The minimum atomic E-state index is -5.02. The molecule has 0 N–H and O–H groups in total. The van der Waals surface area contributed by atoms with Gasteiger partial charge in [0.25, 0.3) is 0 Å². The van der Waals surface area contributed by atoms with Gasteiger partial charge < -0.3 is 14.0 Å². The van der Waals surface area contributed by atoms with E-state index in [4.69, 9.17) is 9.47 Å². The molecule has 0 bridgehead atoms. The molecule has 0 heterocycles. The van der Waals surface area contributed by atoms with Crippen LogP contribution in [-0.2, 0) is 19.6 Å². The van der Waals surface area contributed by atoms with Crippen molar-refractivity contribution in [3.8, 4) is 0 Å². The number of hydrogen-bond acceptors (Lipinski definition) is 7. The Morgan fingerprint density at radius 1 is 0.459 bits per heavy atom. The Hall–Kier alpha value is -1.45. The zero-order valence-electron chi connectivity index (χ0n) is 39.7. The first-order chi connectivity index (χ1) is 29.3. The van der Waals surface area contributed by atoms with Gasteiger partial charge in [-0.25, -0.2) is 18.0 Å². The zero-order valence-corrected chi connectivity index (χ0v) is 42.5. The summed E-state index contributed by atoms with van der Waals surface area (Å²) in [6.45, 7) is 4.77. The van der Waals surface area contributed by atoms with Gasteiger partial charge in [0.1, 0.15) is 10.1 Å². The van der Waals surface area contributed by atoms with E-state index in [1.807, 2.05) is 0 Å². The summed E-state index contributed by atoms with van der Waals surface area (Å²) in [5.74, 6) is -1.81. The molecule has 7 nitrogen and oxygen atoms in total. The molecule has 0 aliphatic heterocycles. The molecular weight excluding hydrogens is 792 g/mol. The first-order valence-electron chi connectivity index (χ1n) is 25.1. The van der Waals surface area contributed by atoms with Gasteiger partial charge in [0.15, 0.2) is 0 Å². The van der Waals surface area contributed by atoms with E-state index in [1.54, 1.807) is 0 Å². The normalized spacial score (nSPS) is 11.7. The Balaban J connectivity index is 0.0000360. The maximum Gasteiger partial charge on any atom is 1.00 e. The van der Waals surface area contributed by atoms with Gasteiger partial charge in [-0.3, -0.25) is 0 Å². The Bertz CT molecular complexity index is 1340. The Morgan fingerprint density at radius 3 is 1.08 bits per heavy atom. The number of ether oxygens (including phenoxy) is 2. The van der Waals surface area contributed by atoms with Crippen molar-refractivity contribution in [1.82, 2.24) is 0 Å². The van der Waals surface area contributed by atoms with E-state index in [0.29, 0.717) is 12.8 Å². The molecule has 0 amide bonds. The topological polar surface area (TPSA) is 110 Å². The van der Waals surface area contributed by atoms with Crippen molar-refractivity contribution in [2.24, 2.45) is 0 Å². The first kappa shape index (κ1) is 59.5. The van der Waals surface area contributed by atoms with Gasteiger partial charge in [-0.05, 0) is 76.3 Å². The van der Waals surface area contributed by atoms with Crippen LogP contribution in [0.25, 0.3) is 0 Å². The summed E-state index contributed by atoms with van der Waals surface area (Å²) in [6, 6.07) is 3.64. The van der Waals surface area contributed by atoms with Crippen molar-refractivity contribution in [3.63, 3.8) is 0 Å².